The highest BCUT2D eigenvalue weighted by atomic mass is 16.5. The van der Waals surface area contributed by atoms with E-state index in [1.54, 1.807) is 32.8 Å². The van der Waals surface area contributed by atoms with E-state index in [2.05, 4.69) is 62.4 Å². The van der Waals surface area contributed by atoms with Gasteiger partial charge in [-0.25, -0.2) is 14.0 Å². The lowest BCUT2D eigenvalue weighted by atomic mass is 9.79. The molecule has 3 fully saturated rings. The number of rotatable bonds is 11. The van der Waals surface area contributed by atoms with Crippen LogP contribution in [0.3, 0.4) is 0 Å². The molecular formula is C40H45N9O3. The average Bonchev–Trinajstić information content (AvgIpc) is 4.02. The van der Waals surface area contributed by atoms with Crippen LogP contribution in [0.25, 0.3) is 5.69 Å². The van der Waals surface area contributed by atoms with Crippen LogP contribution in [0, 0.1) is 22.7 Å². The van der Waals surface area contributed by atoms with Crippen molar-refractivity contribution >= 4 is 11.4 Å². The second kappa shape index (κ2) is 14.3. The van der Waals surface area contributed by atoms with Crippen molar-refractivity contribution in [2.45, 2.75) is 57.7 Å². The quantitative estimate of drug-likeness (QED) is 0.178. The number of nitrogens with zero attached hydrogens (tertiary/aromatic N) is 9. The number of piperazine rings is 1. The predicted octanol–water partition coefficient (Wildman–Crippen LogP) is 5.42. The Kier molecular flexibility index (Phi) is 9.28. The van der Waals surface area contributed by atoms with Crippen molar-refractivity contribution in [1.82, 2.24) is 29.3 Å². The zero-order valence-corrected chi connectivity index (χ0v) is 29.7. The van der Waals surface area contributed by atoms with Gasteiger partial charge < -0.3 is 19.3 Å². The van der Waals surface area contributed by atoms with Crippen LogP contribution in [0.2, 0.25) is 0 Å². The van der Waals surface area contributed by atoms with Gasteiger partial charge in [0.05, 0.1) is 49.1 Å². The lowest BCUT2D eigenvalue weighted by Crippen LogP contribution is -2.46. The fraction of sp³-hybridized carbons (Fsp3) is 0.425. The molecule has 12 heteroatoms. The highest BCUT2D eigenvalue weighted by molar-refractivity contribution is 5.63. The summed E-state index contributed by atoms with van der Waals surface area (Å²) in [6.07, 6.45) is 10.6. The topological polar surface area (TPSA) is 119 Å². The summed E-state index contributed by atoms with van der Waals surface area (Å²) in [5, 5.41) is 23.2. The molecule has 8 rings (SSSR count). The van der Waals surface area contributed by atoms with Crippen LogP contribution in [0.1, 0.15) is 50.2 Å². The minimum atomic E-state index is -0.567. The Morgan fingerprint density at radius 2 is 1.62 bits per heavy atom. The second-order valence-corrected chi connectivity index (χ2v) is 14.9. The molecule has 0 radical (unpaired) electrons. The first-order valence-corrected chi connectivity index (χ1v) is 18.4. The Morgan fingerprint density at radius 1 is 0.904 bits per heavy atom. The first kappa shape index (κ1) is 33.7. The molecule has 2 aromatic heterocycles. The van der Waals surface area contributed by atoms with Crippen molar-refractivity contribution in [3.05, 3.63) is 113 Å². The molecule has 0 spiro atoms. The van der Waals surface area contributed by atoms with Crippen LogP contribution < -0.4 is 20.2 Å². The molecule has 1 saturated carbocycles. The summed E-state index contributed by atoms with van der Waals surface area (Å²) < 4.78 is 16.2. The summed E-state index contributed by atoms with van der Waals surface area (Å²) in [4.78, 5) is 19.3. The van der Waals surface area contributed by atoms with E-state index >= 15 is 0 Å². The monoisotopic (exact) mass is 699 g/mol. The molecule has 3 aliphatic rings. The fourth-order valence-electron chi connectivity index (χ4n) is 8.20. The summed E-state index contributed by atoms with van der Waals surface area (Å²) in [5.74, 6) is 1.23. The lowest BCUT2D eigenvalue weighted by Gasteiger charge is -2.37. The third-order valence-electron chi connectivity index (χ3n) is 11.0. The maximum atomic E-state index is 13.0. The van der Waals surface area contributed by atoms with Crippen molar-refractivity contribution in [3.8, 4) is 17.5 Å². The number of anilines is 2. The van der Waals surface area contributed by atoms with Crippen LogP contribution in [0.4, 0.5) is 11.4 Å². The maximum Gasteiger partial charge on any atom is 0.350 e. The van der Waals surface area contributed by atoms with Gasteiger partial charge in [0.25, 0.3) is 0 Å². The lowest BCUT2D eigenvalue weighted by molar-refractivity contribution is -0.0225. The third-order valence-corrected chi connectivity index (χ3v) is 11.0. The molecule has 12 nitrogen and oxygen atoms in total. The molecule has 2 aliphatic heterocycles. The summed E-state index contributed by atoms with van der Waals surface area (Å²) in [5.41, 5.74) is 3.65. The minimum absolute atomic E-state index is 0.0796. The van der Waals surface area contributed by atoms with E-state index in [4.69, 9.17) is 9.47 Å². The Labute approximate surface area is 303 Å². The molecule has 52 heavy (non-hydrogen) atoms. The van der Waals surface area contributed by atoms with Crippen molar-refractivity contribution in [2.75, 3.05) is 49.2 Å². The third kappa shape index (κ3) is 6.93. The largest absolute Gasteiger partial charge is 0.493 e. The van der Waals surface area contributed by atoms with E-state index in [9.17, 15) is 10.1 Å². The molecule has 5 aromatic rings. The highest BCUT2D eigenvalue weighted by Crippen LogP contribution is 2.47. The van der Waals surface area contributed by atoms with Crippen molar-refractivity contribution in [2.24, 2.45) is 11.3 Å². The molecule has 1 aliphatic carbocycles. The number of ether oxygens (including phenoxy) is 2. The molecule has 0 amide bonds. The fourth-order valence-corrected chi connectivity index (χ4v) is 8.20. The number of hydrogen-bond acceptors (Lipinski definition) is 9. The van der Waals surface area contributed by atoms with E-state index in [1.807, 2.05) is 48.5 Å². The molecule has 0 unspecified atom stereocenters. The van der Waals surface area contributed by atoms with Gasteiger partial charge in [-0.1, -0.05) is 50.1 Å². The Morgan fingerprint density at radius 3 is 2.35 bits per heavy atom. The van der Waals surface area contributed by atoms with Crippen LogP contribution in [-0.2, 0) is 23.4 Å². The summed E-state index contributed by atoms with van der Waals surface area (Å²) in [7, 11) is 0. The highest BCUT2D eigenvalue weighted by Gasteiger charge is 2.49. The minimum Gasteiger partial charge on any atom is -0.493 e. The van der Waals surface area contributed by atoms with Crippen molar-refractivity contribution in [1.29, 1.82) is 5.26 Å². The normalized spacial score (nSPS) is 22.2. The SMILES string of the molecule is C[C@]1(COc2ccc(N3CCN(c4ccc(-n5cnn(CC6CCCC6)c5=O)cc4)CC3)c(C#N)c2)CO[C@](Cn2nccn2)(c2ccccc2)C1. The molecule has 268 valence electrons. The molecule has 0 N–H and O–H groups in total. The molecular weight excluding hydrogens is 654 g/mol. The van der Waals surface area contributed by atoms with Gasteiger partial charge in [-0.2, -0.15) is 25.4 Å². The maximum absolute atomic E-state index is 13.0. The summed E-state index contributed by atoms with van der Waals surface area (Å²) in [6, 6.07) is 26.7. The first-order chi connectivity index (χ1) is 25.4. The van der Waals surface area contributed by atoms with Gasteiger partial charge in [0.15, 0.2) is 0 Å². The van der Waals surface area contributed by atoms with Gasteiger partial charge in [-0.05, 0) is 73.2 Å². The summed E-state index contributed by atoms with van der Waals surface area (Å²) in [6.45, 7) is 7.59. The second-order valence-electron chi connectivity index (χ2n) is 14.9. The van der Waals surface area contributed by atoms with E-state index < -0.39 is 5.60 Å². The molecule has 2 atom stereocenters. The van der Waals surface area contributed by atoms with Crippen LogP contribution in [0.15, 0.2) is 96.3 Å². The Balaban J connectivity index is 0.879. The summed E-state index contributed by atoms with van der Waals surface area (Å²) >= 11 is 0. The first-order valence-electron chi connectivity index (χ1n) is 18.4. The van der Waals surface area contributed by atoms with Crippen LogP contribution >= 0.6 is 0 Å². The smallest absolute Gasteiger partial charge is 0.350 e. The van der Waals surface area contributed by atoms with Gasteiger partial charge in [0, 0.05) is 43.8 Å². The van der Waals surface area contributed by atoms with E-state index in [0.717, 1.165) is 55.2 Å². The zero-order valence-electron chi connectivity index (χ0n) is 29.7. The number of hydrogen-bond donors (Lipinski definition) is 0. The molecule has 0 bridgehead atoms. The molecule has 3 aromatic carbocycles. The van der Waals surface area contributed by atoms with Crippen molar-refractivity contribution in [3.63, 3.8) is 0 Å². The standard InChI is InChI=1S/C40H45N9O3/c1-39(26-40(52-29-39,27-49-42-17-18-43-49)33-9-3-2-4-10-33)28-51-36-15-16-37(32(23-36)24-41)46-21-19-45(20-22-46)34-11-13-35(14-12-34)47-30-44-48(38(47)50)25-31-7-5-6-8-31/h2-4,9-18,23,30-31H,5-8,19-22,25-29H2,1H3/t39-,40+/m0/s1. The van der Waals surface area contributed by atoms with Gasteiger partial charge in [-0.15, -0.1) is 0 Å². The molecule has 4 heterocycles. The van der Waals surface area contributed by atoms with Gasteiger partial charge in [0.1, 0.15) is 23.7 Å². The zero-order chi connectivity index (χ0) is 35.5. The van der Waals surface area contributed by atoms with Crippen LogP contribution in [0.5, 0.6) is 5.75 Å². The van der Waals surface area contributed by atoms with Crippen molar-refractivity contribution < 1.29 is 9.47 Å². The average molecular weight is 700 g/mol. The Bertz CT molecular complexity index is 2060. The number of nitriles is 1. The molecule has 2 saturated heterocycles. The number of benzene rings is 3. The van der Waals surface area contributed by atoms with Gasteiger partial charge in [-0.3, -0.25) is 0 Å². The number of aromatic nitrogens is 6. The van der Waals surface area contributed by atoms with E-state index in [-0.39, 0.29) is 11.1 Å². The van der Waals surface area contributed by atoms with Gasteiger partial charge >= 0.3 is 5.69 Å². The van der Waals surface area contributed by atoms with Crippen LogP contribution in [-0.4, -0.2) is 68.7 Å². The van der Waals surface area contributed by atoms with Gasteiger partial charge in [0.2, 0.25) is 0 Å². The van der Waals surface area contributed by atoms with E-state index in [1.165, 1.54) is 25.7 Å². The van der Waals surface area contributed by atoms with E-state index in [0.29, 0.717) is 43.5 Å². The predicted molar refractivity (Wildman–Crippen MR) is 198 cm³/mol. The Hall–Kier alpha value is -5.41.